The molecule has 9 heteroatoms. The summed E-state index contributed by atoms with van der Waals surface area (Å²) in [5, 5.41) is 3.39. The molecule has 1 N–H and O–H groups in total. The molecule has 0 bridgehead atoms. The number of nitrogens with zero attached hydrogens (tertiary/aromatic N) is 4. The van der Waals surface area contributed by atoms with Gasteiger partial charge in [0.25, 0.3) is 0 Å². The van der Waals surface area contributed by atoms with Crippen LogP contribution >= 0.6 is 24.0 Å². The standard InChI is InChI=1S/C21H35N5O2S.HI/c1-20(2)16-26(21(20,3)4)19(22-5)23-15-17-9-7-8-10-18(17)29(27,28)25-13-11-24(6)12-14-25;/h7-10H,11-16H2,1-6H3,(H,22,23);1H. The highest BCUT2D eigenvalue weighted by Gasteiger charge is 2.53. The Labute approximate surface area is 199 Å². The zero-order valence-corrected chi connectivity index (χ0v) is 22.1. The molecule has 0 aromatic heterocycles. The van der Waals surface area contributed by atoms with Crippen LogP contribution in [0.25, 0.3) is 0 Å². The van der Waals surface area contributed by atoms with Gasteiger partial charge in [-0.15, -0.1) is 24.0 Å². The van der Waals surface area contributed by atoms with Crippen LogP contribution in [-0.2, 0) is 16.6 Å². The van der Waals surface area contributed by atoms with E-state index in [1.165, 1.54) is 0 Å². The highest BCUT2D eigenvalue weighted by atomic mass is 127. The van der Waals surface area contributed by atoms with E-state index in [-0.39, 0.29) is 34.9 Å². The number of benzene rings is 1. The lowest BCUT2D eigenvalue weighted by atomic mass is 9.65. The first-order valence-corrected chi connectivity index (χ1v) is 11.7. The summed E-state index contributed by atoms with van der Waals surface area (Å²) in [6, 6.07) is 7.28. The van der Waals surface area contributed by atoms with E-state index in [2.05, 4.69) is 47.8 Å². The molecule has 2 aliphatic heterocycles. The molecule has 0 spiro atoms. The summed E-state index contributed by atoms with van der Waals surface area (Å²) >= 11 is 0. The van der Waals surface area contributed by atoms with Crippen molar-refractivity contribution in [1.82, 2.24) is 19.4 Å². The van der Waals surface area contributed by atoms with Crippen LogP contribution in [0.1, 0.15) is 33.3 Å². The fraction of sp³-hybridized carbons (Fsp3) is 0.667. The quantitative estimate of drug-likeness (QED) is 0.355. The van der Waals surface area contributed by atoms with Crippen LogP contribution in [0.2, 0.25) is 0 Å². The van der Waals surface area contributed by atoms with Gasteiger partial charge in [0, 0.05) is 57.3 Å². The zero-order chi connectivity index (χ0) is 21.4. The molecule has 0 aliphatic carbocycles. The zero-order valence-electron chi connectivity index (χ0n) is 19.0. The fourth-order valence-electron chi connectivity index (χ4n) is 3.94. The van der Waals surface area contributed by atoms with Crippen LogP contribution < -0.4 is 5.32 Å². The van der Waals surface area contributed by atoms with E-state index in [4.69, 9.17) is 0 Å². The third-order valence-corrected chi connectivity index (χ3v) is 8.84. The summed E-state index contributed by atoms with van der Waals surface area (Å²) in [6.07, 6.45) is 0. The van der Waals surface area contributed by atoms with Crippen LogP contribution in [0.5, 0.6) is 0 Å². The van der Waals surface area contributed by atoms with E-state index in [0.717, 1.165) is 31.2 Å². The van der Waals surface area contributed by atoms with Crippen LogP contribution in [-0.4, -0.2) is 80.8 Å². The molecule has 2 heterocycles. The van der Waals surface area contributed by atoms with E-state index in [1.807, 2.05) is 19.2 Å². The fourth-order valence-corrected chi connectivity index (χ4v) is 5.58. The Bertz CT molecular complexity index is 877. The van der Waals surface area contributed by atoms with Gasteiger partial charge in [0.15, 0.2) is 5.96 Å². The summed E-state index contributed by atoms with van der Waals surface area (Å²) in [5.41, 5.74) is 0.957. The number of piperazine rings is 1. The number of halogens is 1. The first-order valence-electron chi connectivity index (χ1n) is 10.3. The molecule has 2 aliphatic rings. The first kappa shape index (κ1) is 25.4. The Balaban J connectivity index is 0.00000320. The van der Waals surface area contributed by atoms with Crippen molar-refractivity contribution in [2.75, 3.05) is 46.8 Å². The summed E-state index contributed by atoms with van der Waals surface area (Å²) in [6.45, 7) is 12.9. The van der Waals surface area contributed by atoms with Gasteiger partial charge in [0.2, 0.25) is 10.0 Å². The maximum Gasteiger partial charge on any atom is 0.243 e. The van der Waals surface area contributed by atoms with Crippen molar-refractivity contribution >= 4 is 40.0 Å². The molecule has 0 unspecified atom stereocenters. The van der Waals surface area contributed by atoms with Crippen molar-refractivity contribution in [2.24, 2.45) is 10.4 Å². The van der Waals surface area contributed by atoms with Gasteiger partial charge in [0.05, 0.1) is 4.90 Å². The monoisotopic (exact) mass is 549 g/mol. The van der Waals surface area contributed by atoms with Crippen LogP contribution in [0.15, 0.2) is 34.2 Å². The average molecular weight is 550 g/mol. The molecule has 1 aromatic rings. The van der Waals surface area contributed by atoms with Gasteiger partial charge in [-0.1, -0.05) is 32.0 Å². The summed E-state index contributed by atoms with van der Waals surface area (Å²) in [4.78, 5) is 9.23. The SMILES string of the molecule is CN=C(NCc1ccccc1S(=O)(=O)N1CCN(C)CC1)N1CC(C)(C)C1(C)C.I. The Kier molecular flexibility index (Phi) is 7.86. The Hall–Kier alpha value is -0.910. The average Bonchev–Trinajstić information content (AvgIpc) is 2.68. The molecule has 2 saturated heterocycles. The largest absolute Gasteiger partial charge is 0.352 e. The van der Waals surface area contributed by atoms with Crippen molar-refractivity contribution in [3.05, 3.63) is 29.8 Å². The summed E-state index contributed by atoms with van der Waals surface area (Å²) in [5.74, 6) is 0.807. The number of guanidine groups is 1. The summed E-state index contributed by atoms with van der Waals surface area (Å²) < 4.78 is 28.1. The second-order valence-electron chi connectivity index (χ2n) is 9.24. The molecule has 0 amide bonds. The van der Waals surface area contributed by atoms with E-state index in [9.17, 15) is 8.42 Å². The van der Waals surface area contributed by atoms with Crippen LogP contribution in [0.4, 0.5) is 0 Å². The third kappa shape index (κ3) is 4.63. The van der Waals surface area contributed by atoms with Crippen LogP contribution in [0, 0.1) is 5.41 Å². The number of aliphatic imine (C=N–C) groups is 1. The molecule has 0 radical (unpaired) electrons. The molecule has 0 atom stereocenters. The molecule has 2 fully saturated rings. The molecule has 30 heavy (non-hydrogen) atoms. The Morgan fingerprint density at radius 1 is 1.10 bits per heavy atom. The van der Waals surface area contributed by atoms with Gasteiger partial charge in [-0.3, -0.25) is 4.99 Å². The van der Waals surface area contributed by atoms with Gasteiger partial charge in [-0.25, -0.2) is 8.42 Å². The highest BCUT2D eigenvalue weighted by Crippen LogP contribution is 2.46. The maximum absolute atomic E-state index is 13.3. The minimum Gasteiger partial charge on any atom is -0.352 e. The van der Waals surface area contributed by atoms with Crippen molar-refractivity contribution in [2.45, 2.75) is 44.7 Å². The topological polar surface area (TPSA) is 68.2 Å². The molecule has 1 aromatic carbocycles. The lowest BCUT2D eigenvalue weighted by molar-refractivity contribution is -0.0668. The number of hydrogen-bond acceptors (Lipinski definition) is 4. The molecule has 170 valence electrons. The lowest BCUT2D eigenvalue weighted by Gasteiger charge is -2.62. The van der Waals surface area contributed by atoms with Crippen molar-refractivity contribution < 1.29 is 8.42 Å². The molecule has 7 nitrogen and oxygen atoms in total. The van der Waals surface area contributed by atoms with Crippen LogP contribution in [0.3, 0.4) is 0 Å². The smallest absolute Gasteiger partial charge is 0.243 e. The summed E-state index contributed by atoms with van der Waals surface area (Å²) in [7, 11) is 0.283. The van der Waals surface area contributed by atoms with Gasteiger partial charge < -0.3 is 15.1 Å². The van der Waals surface area contributed by atoms with Gasteiger partial charge in [-0.05, 0) is 32.5 Å². The van der Waals surface area contributed by atoms with E-state index < -0.39 is 10.0 Å². The highest BCUT2D eigenvalue weighted by molar-refractivity contribution is 14.0. The van der Waals surface area contributed by atoms with E-state index >= 15 is 0 Å². The van der Waals surface area contributed by atoms with Crippen molar-refractivity contribution in [3.63, 3.8) is 0 Å². The van der Waals surface area contributed by atoms with Gasteiger partial charge in [0.1, 0.15) is 0 Å². The number of sulfonamides is 1. The third-order valence-electron chi connectivity index (χ3n) is 6.84. The number of likely N-dealkylation sites (N-methyl/N-ethyl adjacent to an activating group) is 1. The minimum atomic E-state index is -3.51. The molecular weight excluding hydrogens is 513 g/mol. The number of hydrogen-bond donors (Lipinski definition) is 1. The Morgan fingerprint density at radius 3 is 2.23 bits per heavy atom. The first-order chi connectivity index (χ1) is 13.5. The van der Waals surface area contributed by atoms with Gasteiger partial charge >= 0.3 is 0 Å². The second kappa shape index (κ2) is 9.30. The minimum absolute atomic E-state index is 0. The van der Waals surface area contributed by atoms with E-state index in [1.54, 1.807) is 23.5 Å². The van der Waals surface area contributed by atoms with Crippen molar-refractivity contribution in [3.8, 4) is 0 Å². The molecule has 3 rings (SSSR count). The van der Waals surface area contributed by atoms with Gasteiger partial charge in [-0.2, -0.15) is 4.31 Å². The number of likely N-dealkylation sites (tertiary alicyclic amines) is 1. The second-order valence-corrected chi connectivity index (χ2v) is 11.2. The Morgan fingerprint density at radius 2 is 1.70 bits per heavy atom. The number of rotatable bonds is 4. The maximum atomic E-state index is 13.3. The number of nitrogens with one attached hydrogen (secondary N) is 1. The lowest BCUT2D eigenvalue weighted by Crippen LogP contribution is -2.72. The molecular formula is C21H36IN5O2S. The molecule has 0 saturated carbocycles. The van der Waals surface area contributed by atoms with Crippen molar-refractivity contribution in [1.29, 1.82) is 0 Å². The normalized spacial score (nSPS) is 22.2. The predicted octanol–water partition coefficient (Wildman–Crippen LogP) is 2.44. The van der Waals surface area contributed by atoms with E-state index in [0.29, 0.717) is 24.5 Å². The predicted molar refractivity (Wildman–Crippen MR) is 133 cm³/mol.